The summed E-state index contributed by atoms with van der Waals surface area (Å²) in [7, 11) is 0. The third-order valence-corrected chi connectivity index (χ3v) is 4.69. The van der Waals surface area contributed by atoms with E-state index in [2.05, 4.69) is 6.92 Å². The van der Waals surface area contributed by atoms with Crippen LogP contribution in [0.5, 0.6) is 0 Å². The van der Waals surface area contributed by atoms with E-state index in [0.29, 0.717) is 25.2 Å². The molecule has 23 heavy (non-hydrogen) atoms. The van der Waals surface area contributed by atoms with Crippen LogP contribution in [0.4, 0.5) is 0 Å². The van der Waals surface area contributed by atoms with E-state index >= 15 is 0 Å². The molecule has 1 aliphatic rings. The molecule has 1 aliphatic carbocycles. The first-order valence-corrected chi connectivity index (χ1v) is 9.41. The van der Waals surface area contributed by atoms with Crippen molar-refractivity contribution >= 4 is 11.9 Å². The predicted molar refractivity (Wildman–Crippen MR) is 91.1 cm³/mol. The molecule has 0 bridgehead atoms. The number of hydrogen-bond acceptors (Lipinski definition) is 4. The first kappa shape index (κ1) is 20.0. The van der Waals surface area contributed by atoms with Crippen LogP contribution in [0.3, 0.4) is 0 Å². The third kappa shape index (κ3) is 8.97. The Kier molecular flexibility index (Phi) is 9.97. The zero-order valence-electron chi connectivity index (χ0n) is 15.1. The van der Waals surface area contributed by atoms with Crippen molar-refractivity contribution in [2.75, 3.05) is 0 Å². The van der Waals surface area contributed by atoms with Crippen LogP contribution < -0.4 is 0 Å². The summed E-state index contributed by atoms with van der Waals surface area (Å²) in [6.07, 6.45) is 10.3. The molecule has 134 valence electrons. The van der Waals surface area contributed by atoms with Crippen molar-refractivity contribution in [3.8, 4) is 0 Å². The van der Waals surface area contributed by atoms with Gasteiger partial charge in [-0.1, -0.05) is 32.6 Å². The van der Waals surface area contributed by atoms with Crippen LogP contribution in [0.1, 0.15) is 91.4 Å². The van der Waals surface area contributed by atoms with Crippen LogP contribution in [0.25, 0.3) is 0 Å². The molecule has 1 saturated carbocycles. The number of unbranched alkanes of at least 4 members (excludes halogenated alkanes) is 2. The lowest BCUT2D eigenvalue weighted by atomic mass is 10.0. The molecule has 0 N–H and O–H groups in total. The summed E-state index contributed by atoms with van der Waals surface area (Å²) >= 11 is 0. The molecule has 2 atom stereocenters. The maximum Gasteiger partial charge on any atom is 0.306 e. The van der Waals surface area contributed by atoms with Crippen molar-refractivity contribution < 1.29 is 19.1 Å². The molecule has 0 aromatic heterocycles. The fraction of sp³-hybridized carbons (Fsp3) is 0.895. The van der Waals surface area contributed by atoms with Crippen molar-refractivity contribution in [3.63, 3.8) is 0 Å². The summed E-state index contributed by atoms with van der Waals surface area (Å²) in [5.41, 5.74) is 0. The van der Waals surface area contributed by atoms with E-state index in [1.54, 1.807) is 0 Å². The smallest absolute Gasteiger partial charge is 0.306 e. The fourth-order valence-corrected chi connectivity index (χ4v) is 3.19. The molecule has 1 rings (SSSR count). The van der Waals surface area contributed by atoms with Crippen molar-refractivity contribution in [1.29, 1.82) is 0 Å². The van der Waals surface area contributed by atoms with Crippen LogP contribution >= 0.6 is 0 Å². The molecule has 2 unspecified atom stereocenters. The van der Waals surface area contributed by atoms with E-state index in [4.69, 9.17) is 9.47 Å². The van der Waals surface area contributed by atoms with E-state index in [-0.39, 0.29) is 24.1 Å². The Balaban J connectivity index is 2.07. The molecule has 0 spiro atoms. The van der Waals surface area contributed by atoms with Gasteiger partial charge in [-0.15, -0.1) is 0 Å². The zero-order chi connectivity index (χ0) is 17.1. The number of ether oxygens (including phenoxy) is 2. The number of carbonyl (C=O) groups excluding carboxylic acids is 2. The monoisotopic (exact) mass is 326 g/mol. The van der Waals surface area contributed by atoms with Gasteiger partial charge in [0.05, 0.1) is 6.10 Å². The summed E-state index contributed by atoms with van der Waals surface area (Å²) in [6.45, 7) is 6.08. The summed E-state index contributed by atoms with van der Waals surface area (Å²) in [5.74, 6) is 0.131. The van der Waals surface area contributed by atoms with Gasteiger partial charge in [-0.25, -0.2) is 0 Å². The molecule has 4 heteroatoms. The highest BCUT2D eigenvalue weighted by Gasteiger charge is 2.24. The Hall–Kier alpha value is -1.06. The Bertz CT molecular complexity index is 347. The maximum absolute atomic E-state index is 11.8. The number of esters is 2. The van der Waals surface area contributed by atoms with Gasteiger partial charge < -0.3 is 9.47 Å². The summed E-state index contributed by atoms with van der Waals surface area (Å²) in [5, 5.41) is 0. The van der Waals surface area contributed by atoms with Gasteiger partial charge in [0.2, 0.25) is 0 Å². The quantitative estimate of drug-likeness (QED) is 0.404. The van der Waals surface area contributed by atoms with Gasteiger partial charge in [-0.05, 0) is 51.9 Å². The van der Waals surface area contributed by atoms with E-state index in [1.807, 2.05) is 13.8 Å². The highest BCUT2D eigenvalue weighted by atomic mass is 16.5. The first-order chi connectivity index (χ1) is 11.0. The Morgan fingerprint density at radius 1 is 0.957 bits per heavy atom. The number of hydrogen-bond donors (Lipinski definition) is 0. The van der Waals surface area contributed by atoms with Gasteiger partial charge in [0.15, 0.2) is 0 Å². The highest BCUT2D eigenvalue weighted by molar-refractivity contribution is 5.72. The minimum Gasteiger partial charge on any atom is -0.463 e. The number of rotatable bonds is 11. The third-order valence-electron chi connectivity index (χ3n) is 4.69. The van der Waals surface area contributed by atoms with Gasteiger partial charge in [0, 0.05) is 12.8 Å². The lowest BCUT2D eigenvalue weighted by molar-refractivity contribution is -0.151. The average Bonchev–Trinajstić information content (AvgIpc) is 3.01. The molecule has 4 nitrogen and oxygen atoms in total. The molecule has 1 fully saturated rings. The average molecular weight is 326 g/mol. The Morgan fingerprint density at radius 2 is 1.57 bits per heavy atom. The second-order valence-electron chi connectivity index (χ2n) is 6.89. The van der Waals surface area contributed by atoms with Gasteiger partial charge in [0.25, 0.3) is 0 Å². The van der Waals surface area contributed by atoms with Gasteiger partial charge in [-0.3, -0.25) is 9.59 Å². The second-order valence-corrected chi connectivity index (χ2v) is 6.89. The number of carbonyl (C=O) groups is 2. The van der Waals surface area contributed by atoms with E-state index in [0.717, 1.165) is 25.7 Å². The van der Waals surface area contributed by atoms with Crippen LogP contribution in [-0.4, -0.2) is 24.1 Å². The van der Waals surface area contributed by atoms with E-state index in [9.17, 15) is 9.59 Å². The highest BCUT2D eigenvalue weighted by Crippen LogP contribution is 2.29. The van der Waals surface area contributed by atoms with Crippen molar-refractivity contribution in [1.82, 2.24) is 0 Å². The van der Waals surface area contributed by atoms with Crippen LogP contribution in [-0.2, 0) is 19.1 Å². The largest absolute Gasteiger partial charge is 0.463 e. The molecule has 0 saturated heterocycles. The Morgan fingerprint density at radius 3 is 2.17 bits per heavy atom. The topological polar surface area (TPSA) is 52.6 Å². The van der Waals surface area contributed by atoms with Crippen molar-refractivity contribution in [3.05, 3.63) is 0 Å². The SMILES string of the molecule is CCCCCC(C)OC(=O)CCCC(=O)OC(C)C1CCCC1. The normalized spacial score (nSPS) is 17.7. The van der Waals surface area contributed by atoms with E-state index < -0.39 is 0 Å². The molecule has 0 aliphatic heterocycles. The molecule has 0 heterocycles. The van der Waals surface area contributed by atoms with Gasteiger partial charge in [0.1, 0.15) is 6.10 Å². The molecule has 0 amide bonds. The lowest BCUT2D eigenvalue weighted by Gasteiger charge is -2.19. The van der Waals surface area contributed by atoms with Crippen molar-refractivity contribution in [2.24, 2.45) is 5.92 Å². The molecule has 0 aromatic rings. The van der Waals surface area contributed by atoms with Crippen molar-refractivity contribution in [2.45, 2.75) is 104 Å². The molecular weight excluding hydrogens is 292 g/mol. The zero-order valence-corrected chi connectivity index (χ0v) is 15.1. The second kappa shape index (κ2) is 11.5. The van der Waals surface area contributed by atoms with Crippen LogP contribution in [0.15, 0.2) is 0 Å². The minimum atomic E-state index is -0.203. The standard InChI is InChI=1S/C19H34O4/c1-4-5-6-10-15(2)22-18(20)13-9-14-19(21)23-16(3)17-11-7-8-12-17/h15-17H,4-14H2,1-3H3. The minimum absolute atomic E-state index is 0.00976. The van der Waals surface area contributed by atoms with Gasteiger partial charge >= 0.3 is 11.9 Å². The maximum atomic E-state index is 11.8. The predicted octanol–water partition coefficient (Wildman–Crippen LogP) is 4.79. The Labute approximate surface area is 141 Å². The van der Waals surface area contributed by atoms with Crippen LogP contribution in [0.2, 0.25) is 0 Å². The van der Waals surface area contributed by atoms with Gasteiger partial charge in [-0.2, -0.15) is 0 Å². The van der Waals surface area contributed by atoms with Crippen LogP contribution in [0, 0.1) is 5.92 Å². The molecular formula is C19H34O4. The fourth-order valence-electron chi connectivity index (χ4n) is 3.19. The van der Waals surface area contributed by atoms with E-state index in [1.165, 1.54) is 25.7 Å². The molecule has 0 aromatic carbocycles. The molecule has 0 radical (unpaired) electrons. The summed E-state index contributed by atoms with van der Waals surface area (Å²) in [6, 6.07) is 0. The first-order valence-electron chi connectivity index (χ1n) is 9.41. The summed E-state index contributed by atoms with van der Waals surface area (Å²) in [4.78, 5) is 23.5. The lowest BCUT2D eigenvalue weighted by Crippen LogP contribution is -2.22. The summed E-state index contributed by atoms with van der Waals surface area (Å²) < 4.78 is 10.8.